The van der Waals surface area contributed by atoms with Gasteiger partial charge in [0.05, 0.1) is 12.2 Å². The molecule has 0 spiro atoms. The van der Waals surface area contributed by atoms with Crippen LogP contribution in [0.1, 0.15) is 29.8 Å². The second kappa shape index (κ2) is 5.30. The van der Waals surface area contributed by atoms with Gasteiger partial charge in [-0.25, -0.2) is 4.79 Å². The van der Waals surface area contributed by atoms with E-state index >= 15 is 0 Å². The Hall–Kier alpha value is -1.84. The van der Waals surface area contributed by atoms with Gasteiger partial charge in [-0.05, 0) is 37.6 Å². The van der Waals surface area contributed by atoms with Crippen molar-refractivity contribution in [3.8, 4) is 0 Å². The number of amides is 1. The van der Waals surface area contributed by atoms with E-state index in [1.54, 1.807) is 25.1 Å². The molecule has 0 unspecified atom stereocenters. The predicted molar refractivity (Wildman–Crippen MR) is 61.4 cm³/mol. The molecule has 0 atom stereocenters. The second-order valence-electron chi connectivity index (χ2n) is 3.49. The highest BCUT2D eigenvalue weighted by Crippen LogP contribution is 2.15. The van der Waals surface area contributed by atoms with E-state index < -0.39 is 0 Å². The van der Waals surface area contributed by atoms with Crippen molar-refractivity contribution in [1.29, 1.82) is 0 Å². The van der Waals surface area contributed by atoms with E-state index in [4.69, 9.17) is 4.74 Å². The fraction of sp³-hybridized carbons (Fsp3) is 0.333. The Morgan fingerprint density at radius 1 is 1.31 bits per heavy atom. The van der Waals surface area contributed by atoms with E-state index in [1.807, 2.05) is 6.92 Å². The van der Waals surface area contributed by atoms with E-state index in [1.165, 1.54) is 6.92 Å². The fourth-order valence-electron chi connectivity index (χ4n) is 1.39. The molecule has 4 heteroatoms. The molecule has 0 fully saturated rings. The van der Waals surface area contributed by atoms with Gasteiger partial charge in [0.25, 0.3) is 0 Å². The molecule has 0 saturated heterocycles. The third-order valence-electron chi connectivity index (χ3n) is 1.91. The number of aryl methyl sites for hydroxylation is 1. The molecule has 1 aromatic rings. The molecule has 1 amide bonds. The number of benzene rings is 1. The lowest BCUT2D eigenvalue weighted by Crippen LogP contribution is -2.09. The topological polar surface area (TPSA) is 55.4 Å². The highest BCUT2D eigenvalue weighted by molar-refractivity contribution is 5.94. The molecule has 0 saturated carbocycles. The molecule has 0 aliphatic carbocycles. The Morgan fingerprint density at radius 3 is 2.56 bits per heavy atom. The van der Waals surface area contributed by atoms with Crippen LogP contribution >= 0.6 is 0 Å². The molecule has 0 heterocycles. The lowest BCUT2D eigenvalue weighted by atomic mass is 10.1. The fourth-order valence-corrected chi connectivity index (χ4v) is 1.39. The van der Waals surface area contributed by atoms with E-state index in [0.29, 0.717) is 17.9 Å². The van der Waals surface area contributed by atoms with E-state index in [0.717, 1.165) is 5.56 Å². The van der Waals surface area contributed by atoms with Crippen LogP contribution in [0, 0.1) is 6.92 Å². The van der Waals surface area contributed by atoms with Crippen LogP contribution in [0.3, 0.4) is 0 Å². The average Bonchev–Trinajstić information content (AvgIpc) is 2.15. The lowest BCUT2D eigenvalue weighted by molar-refractivity contribution is -0.114. The molecule has 16 heavy (non-hydrogen) atoms. The number of nitrogens with one attached hydrogen (secondary N) is 1. The first kappa shape index (κ1) is 12.2. The largest absolute Gasteiger partial charge is 0.462 e. The van der Waals surface area contributed by atoms with Gasteiger partial charge >= 0.3 is 5.97 Å². The molecule has 1 N–H and O–H groups in total. The van der Waals surface area contributed by atoms with E-state index in [9.17, 15) is 9.59 Å². The van der Waals surface area contributed by atoms with Crippen molar-refractivity contribution in [2.24, 2.45) is 0 Å². The number of ether oxygens (including phenoxy) is 1. The maximum absolute atomic E-state index is 11.5. The molecule has 86 valence electrons. The minimum atomic E-state index is -0.377. The van der Waals surface area contributed by atoms with Crippen molar-refractivity contribution in [1.82, 2.24) is 0 Å². The predicted octanol–water partition coefficient (Wildman–Crippen LogP) is 2.13. The molecule has 1 aromatic carbocycles. The summed E-state index contributed by atoms with van der Waals surface area (Å²) in [5, 5.41) is 2.64. The summed E-state index contributed by atoms with van der Waals surface area (Å²) in [4.78, 5) is 22.4. The minimum Gasteiger partial charge on any atom is -0.462 e. The third-order valence-corrected chi connectivity index (χ3v) is 1.91. The highest BCUT2D eigenvalue weighted by Gasteiger charge is 2.08. The van der Waals surface area contributed by atoms with Gasteiger partial charge in [0.1, 0.15) is 0 Å². The summed E-state index contributed by atoms with van der Waals surface area (Å²) in [5.74, 6) is -0.543. The van der Waals surface area contributed by atoms with Crippen LogP contribution in [0.4, 0.5) is 5.69 Å². The van der Waals surface area contributed by atoms with Crippen LogP contribution in [0.2, 0.25) is 0 Å². The number of carbonyl (C=O) groups excluding carboxylic acids is 2. The van der Waals surface area contributed by atoms with Crippen molar-refractivity contribution < 1.29 is 14.3 Å². The SMILES string of the molecule is CCOC(=O)c1cc(C)cc(NC(C)=O)c1. The first-order valence-electron chi connectivity index (χ1n) is 5.09. The molecule has 0 aliphatic rings. The summed E-state index contributed by atoms with van der Waals surface area (Å²) in [6, 6.07) is 5.12. The molecular weight excluding hydrogens is 206 g/mol. The Labute approximate surface area is 94.6 Å². The zero-order chi connectivity index (χ0) is 12.1. The maximum atomic E-state index is 11.5. The molecule has 0 radical (unpaired) electrons. The summed E-state index contributed by atoms with van der Waals surface area (Å²) in [7, 11) is 0. The lowest BCUT2D eigenvalue weighted by Gasteiger charge is -2.07. The Balaban J connectivity index is 2.97. The Bertz CT molecular complexity index is 413. The number of hydrogen-bond acceptors (Lipinski definition) is 3. The summed E-state index contributed by atoms with van der Waals surface area (Å²) in [5.41, 5.74) is 1.95. The van der Waals surface area contributed by atoms with Gasteiger partial charge < -0.3 is 10.1 Å². The monoisotopic (exact) mass is 221 g/mol. The maximum Gasteiger partial charge on any atom is 0.338 e. The van der Waals surface area contributed by atoms with Crippen LogP contribution in [0.5, 0.6) is 0 Å². The van der Waals surface area contributed by atoms with Crippen LogP contribution in [0.15, 0.2) is 18.2 Å². The molecule has 0 aliphatic heterocycles. The van der Waals surface area contributed by atoms with Gasteiger partial charge in [-0.15, -0.1) is 0 Å². The van der Waals surface area contributed by atoms with Crippen LogP contribution in [-0.4, -0.2) is 18.5 Å². The molecule has 1 rings (SSSR count). The third kappa shape index (κ3) is 3.38. The Morgan fingerprint density at radius 2 is 2.00 bits per heavy atom. The number of carbonyl (C=O) groups is 2. The van der Waals surface area contributed by atoms with Crippen molar-refractivity contribution in [2.45, 2.75) is 20.8 Å². The van der Waals surface area contributed by atoms with Crippen molar-refractivity contribution in [2.75, 3.05) is 11.9 Å². The zero-order valence-corrected chi connectivity index (χ0v) is 9.66. The van der Waals surface area contributed by atoms with Gasteiger partial charge in [0, 0.05) is 12.6 Å². The second-order valence-corrected chi connectivity index (χ2v) is 3.49. The first-order valence-corrected chi connectivity index (χ1v) is 5.09. The number of rotatable bonds is 3. The quantitative estimate of drug-likeness (QED) is 0.795. The van der Waals surface area contributed by atoms with Crippen molar-refractivity contribution in [3.05, 3.63) is 29.3 Å². The standard InChI is InChI=1S/C12H15NO3/c1-4-16-12(15)10-5-8(2)6-11(7-10)13-9(3)14/h5-7H,4H2,1-3H3,(H,13,14). The summed E-state index contributed by atoms with van der Waals surface area (Å²) < 4.78 is 4.89. The van der Waals surface area contributed by atoms with Crippen LogP contribution in [-0.2, 0) is 9.53 Å². The number of esters is 1. The average molecular weight is 221 g/mol. The van der Waals surface area contributed by atoms with Crippen LogP contribution < -0.4 is 5.32 Å². The number of hydrogen-bond donors (Lipinski definition) is 1. The van der Waals surface area contributed by atoms with Gasteiger partial charge in [0.2, 0.25) is 5.91 Å². The highest BCUT2D eigenvalue weighted by atomic mass is 16.5. The molecule has 0 aromatic heterocycles. The number of anilines is 1. The smallest absolute Gasteiger partial charge is 0.338 e. The summed E-state index contributed by atoms with van der Waals surface area (Å²) >= 11 is 0. The molecule has 4 nitrogen and oxygen atoms in total. The minimum absolute atomic E-state index is 0.166. The summed E-state index contributed by atoms with van der Waals surface area (Å²) in [6.07, 6.45) is 0. The normalized spacial score (nSPS) is 9.69. The van der Waals surface area contributed by atoms with Gasteiger partial charge in [-0.3, -0.25) is 4.79 Å². The van der Waals surface area contributed by atoms with Crippen molar-refractivity contribution >= 4 is 17.6 Å². The van der Waals surface area contributed by atoms with Crippen LogP contribution in [0.25, 0.3) is 0 Å². The van der Waals surface area contributed by atoms with Gasteiger partial charge in [-0.2, -0.15) is 0 Å². The molecular formula is C12H15NO3. The van der Waals surface area contributed by atoms with E-state index in [-0.39, 0.29) is 11.9 Å². The van der Waals surface area contributed by atoms with E-state index in [2.05, 4.69) is 5.32 Å². The summed E-state index contributed by atoms with van der Waals surface area (Å²) in [6.45, 7) is 5.37. The van der Waals surface area contributed by atoms with Gasteiger partial charge in [-0.1, -0.05) is 0 Å². The molecule has 0 bridgehead atoms. The first-order chi connectivity index (χ1) is 7.52. The zero-order valence-electron chi connectivity index (χ0n) is 9.66. The Kier molecular flexibility index (Phi) is 4.05. The van der Waals surface area contributed by atoms with Crippen molar-refractivity contribution in [3.63, 3.8) is 0 Å². The van der Waals surface area contributed by atoms with Gasteiger partial charge in [0.15, 0.2) is 0 Å².